The second-order valence-electron chi connectivity index (χ2n) is 5.55. The molecule has 2 aromatic carbocycles. The summed E-state index contributed by atoms with van der Waals surface area (Å²) in [6.07, 6.45) is 5.77. The summed E-state index contributed by atoms with van der Waals surface area (Å²) in [5.41, 5.74) is 2.51. The van der Waals surface area contributed by atoms with Gasteiger partial charge in [0.15, 0.2) is 0 Å². The lowest BCUT2D eigenvalue weighted by Crippen LogP contribution is -2.37. The molecule has 0 saturated carbocycles. The fraction of sp³-hybridized carbons (Fsp3) is 0.211. The van der Waals surface area contributed by atoms with Crippen molar-refractivity contribution < 1.29 is 0 Å². The lowest BCUT2D eigenvalue weighted by Gasteiger charge is -2.34. The molecule has 0 N–H and O–H groups in total. The quantitative estimate of drug-likeness (QED) is 0.708. The Morgan fingerprint density at radius 3 is 2.18 bits per heavy atom. The number of aromatic nitrogens is 2. The first-order chi connectivity index (χ1) is 10.8. The SMILES string of the molecule is C[C@H]([C@@H](c1ccccc1)n1ccnc1)N(C)c1ccccc1. The second kappa shape index (κ2) is 6.48. The minimum Gasteiger partial charge on any atom is -0.369 e. The van der Waals surface area contributed by atoms with Crippen LogP contribution in [0.25, 0.3) is 0 Å². The van der Waals surface area contributed by atoms with Crippen LogP contribution in [-0.2, 0) is 0 Å². The van der Waals surface area contributed by atoms with Gasteiger partial charge in [-0.15, -0.1) is 0 Å². The smallest absolute Gasteiger partial charge is 0.0952 e. The van der Waals surface area contributed by atoms with Gasteiger partial charge in [0.05, 0.1) is 18.4 Å². The topological polar surface area (TPSA) is 21.1 Å². The van der Waals surface area contributed by atoms with E-state index in [1.54, 1.807) is 0 Å². The summed E-state index contributed by atoms with van der Waals surface area (Å²) in [7, 11) is 2.15. The van der Waals surface area contributed by atoms with Crippen LogP contribution in [0.4, 0.5) is 5.69 Å². The summed E-state index contributed by atoms with van der Waals surface area (Å²) in [6, 6.07) is 21.6. The molecule has 0 aliphatic heterocycles. The molecule has 0 fully saturated rings. The van der Waals surface area contributed by atoms with Gasteiger partial charge in [-0.25, -0.2) is 4.98 Å². The van der Waals surface area contributed by atoms with E-state index in [9.17, 15) is 0 Å². The Kier molecular flexibility index (Phi) is 4.24. The number of nitrogens with zero attached hydrogens (tertiary/aromatic N) is 3. The van der Waals surface area contributed by atoms with E-state index in [-0.39, 0.29) is 6.04 Å². The summed E-state index contributed by atoms with van der Waals surface area (Å²) in [4.78, 5) is 6.54. The fourth-order valence-corrected chi connectivity index (χ4v) is 2.89. The van der Waals surface area contributed by atoms with Gasteiger partial charge in [0.25, 0.3) is 0 Å². The minimum absolute atomic E-state index is 0.217. The first-order valence-corrected chi connectivity index (χ1v) is 7.57. The number of benzene rings is 2. The maximum Gasteiger partial charge on any atom is 0.0952 e. The van der Waals surface area contributed by atoms with Gasteiger partial charge in [-0.2, -0.15) is 0 Å². The molecule has 0 aliphatic carbocycles. The Morgan fingerprint density at radius 2 is 1.59 bits per heavy atom. The van der Waals surface area contributed by atoms with Gasteiger partial charge in [0.1, 0.15) is 0 Å². The van der Waals surface area contributed by atoms with E-state index < -0.39 is 0 Å². The predicted octanol–water partition coefficient (Wildman–Crippen LogP) is 4.00. The predicted molar refractivity (Wildman–Crippen MR) is 91.1 cm³/mol. The van der Waals surface area contributed by atoms with Crippen molar-refractivity contribution in [1.29, 1.82) is 0 Å². The summed E-state index contributed by atoms with van der Waals surface area (Å²) in [5.74, 6) is 0. The minimum atomic E-state index is 0.217. The maximum absolute atomic E-state index is 4.23. The molecule has 3 aromatic rings. The Morgan fingerprint density at radius 1 is 0.955 bits per heavy atom. The third-order valence-corrected chi connectivity index (χ3v) is 4.22. The van der Waals surface area contributed by atoms with Crippen molar-refractivity contribution in [1.82, 2.24) is 9.55 Å². The Balaban J connectivity index is 1.96. The first-order valence-electron chi connectivity index (χ1n) is 7.57. The van der Waals surface area contributed by atoms with E-state index in [0.29, 0.717) is 6.04 Å². The van der Waals surface area contributed by atoms with Gasteiger partial charge < -0.3 is 9.47 Å². The highest BCUT2D eigenvalue weighted by Gasteiger charge is 2.24. The molecular weight excluding hydrogens is 270 g/mol. The zero-order valence-corrected chi connectivity index (χ0v) is 13.0. The molecule has 1 aromatic heterocycles. The molecular formula is C19H21N3. The molecule has 0 bridgehead atoms. The highest BCUT2D eigenvalue weighted by atomic mass is 15.2. The van der Waals surface area contributed by atoms with Crippen molar-refractivity contribution in [2.45, 2.75) is 19.0 Å². The normalized spacial score (nSPS) is 13.5. The lowest BCUT2D eigenvalue weighted by atomic mass is 9.99. The summed E-state index contributed by atoms with van der Waals surface area (Å²) in [5, 5.41) is 0. The van der Waals surface area contributed by atoms with E-state index in [1.807, 2.05) is 24.8 Å². The fourth-order valence-electron chi connectivity index (χ4n) is 2.89. The molecule has 0 unspecified atom stereocenters. The van der Waals surface area contributed by atoms with Gasteiger partial charge in [-0.3, -0.25) is 0 Å². The number of likely N-dealkylation sites (N-methyl/N-ethyl adjacent to an activating group) is 1. The molecule has 22 heavy (non-hydrogen) atoms. The number of imidazole rings is 1. The van der Waals surface area contributed by atoms with Gasteiger partial charge >= 0.3 is 0 Å². The van der Waals surface area contributed by atoms with E-state index in [2.05, 4.69) is 83.0 Å². The average molecular weight is 291 g/mol. The van der Waals surface area contributed by atoms with Crippen molar-refractivity contribution in [2.75, 3.05) is 11.9 Å². The van der Waals surface area contributed by atoms with Gasteiger partial charge in [0.2, 0.25) is 0 Å². The van der Waals surface area contributed by atoms with Crippen LogP contribution in [0.1, 0.15) is 18.5 Å². The van der Waals surface area contributed by atoms with Crippen LogP contribution in [0.3, 0.4) is 0 Å². The molecule has 0 spiro atoms. The van der Waals surface area contributed by atoms with Crippen molar-refractivity contribution in [3.8, 4) is 0 Å². The van der Waals surface area contributed by atoms with E-state index >= 15 is 0 Å². The lowest BCUT2D eigenvalue weighted by molar-refractivity contribution is 0.478. The second-order valence-corrected chi connectivity index (χ2v) is 5.55. The van der Waals surface area contributed by atoms with E-state index in [4.69, 9.17) is 0 Å². The molecule has 0 saturated heterocycles. The first kappa shape index (κ1) is 14.4. The number of hydrogen-bond donors (Lipinski definition) is 0. The Hall–Kier alpha value is -2.55. The molecule has 0 aliphatic rings. The van der Waals surface area contributed by atoms with E-state index in [1.165, 1.54) is 11.3 Å². The molecule has 2 atom stereocenters. The zero-order valence-electron chi connectivity index (χ0n) is 13.0. The highest BCUT2D eigenvalue weighted by molar-refractivity contribution is 5.47. The van der Waals surface area contributed by atoms with Crippen molar-refractivity contribution in [3.63, 3.8) is 0 Å². The van der Waals surface area contributed by atoms with Crippen molar-refractivity contribution >= 4 is 5.69 Å². The third-order valence-electron chi connectivity index (χ3n) is 4.22. The van der Waals surface area contributed by atoms with Crippen LogP contribution in [0.15, 0.2) is 79.4 Å². The van der Waals surface area contributed by atoms with Crippen LogP contribution in [0.2, 0.25) is 0 Å². The maximum atomic E-state index is 4.23. The van der Waals surface area contributed by atoms with Gasteiger partial charge in [-0.1, -0.05) is 48.5 Å². The van der Waals surface area contributed by atoms with Crippen molar-refractivity contribution in [3.05, 3.63) is 84.9 Å². The third kappa shape index (κ3) is 2.89. The molecule has 0 amide bonds. The number of para-hydroxylation sites is 1. The summed E-state index contributed by atoms with van der Waals surface area (Å²) < 4.78 is 2.18. The Bertz CT molecular complexity index is 677. The van der Waals surface area contributed by atoms with Crippen molar-refractivity contribution in [2.24, 2.45) is 0 Å². The molecule has 3 rings (SSSR count). The van der Waals surface area contributed by atoms with E-state index in [0.717, 1.165) is 0 Å². The molecule has 3 heteroatoms. The standard InChI is InChI=1S/C19H21N3/c1-16(21(2)18-11-7-4-8-12-18)19(22-14-13-20-15-22)17-9-5-3-6-10-17/h3-16,19H,1-2H3/t16-,19+/m1/s1. The summed E-state index contributed by atoms with van der Waals surface area (Å²) in [6.45, 7) is 2.25. The van der Waals surface area contributed by atoms with Gasteiger partial charge in [0, 0.05) is 25.1 Å². The number of rotatable bonds is 5. The zero-order chi connectivity index (χ0) is 15.4. The highest BCUT2D eigenvalue weighted by Crippen LogP contribution is 2.27. The van der Waals surface area contributed by atoms with Crippen LogP contribution in [-0.4, -0.2) is 22.6 Å². The monoisotopic (exact) mass is 291 g/mol. The van der Waals surface area contributed by atoms with Crippen LogP contribution >= 0.6 is 0 Å². The molecule has 0 radical (unpaired) electrons. The molecule has 112 valence electrons. The average Bonchev–Trinajstić information content (AvgIpc) is 3.10. The van der Waals surface area contributed by atoms with Gasteiger partial charge in [-0.05, 0) is 24.6 Å². The summed E-state index contributed by atoms with van der Waals surface area (Å²) >= 11 is 0. The van der Waals surface area contributed by atoms with Crippen LogP contribution in [0, 0.1) is 0 Å². The number of hydrogen-bond acceptors (Lipinski definition) is 2. The molecule has 1 heterocycles. The Labute approximate surface area is 131 Å². The molecule has 3 nitrogen and oxygen atoms in total. The van der Waals surface area contributed by atoms with Crippen LogP contribution < -0.4 is 4.90 Å². The van der Waals surface area contributed by atoms with Crippen LogP contribution in [0.5, 0.6) is 0 Å². The number of anilines is 1. The largest absolute Gasteiger partial charge is 0.369 e.